The van der Waals surface area contributed by atoms with E-state index in [2.05, 4.69) is 40.1 Å². The second kappa shape index (κ2) is 35.4. The molecule has 0 amide bonds. The van der Waals surface area contributed by atoms with Gasteiger partial charge in [0.05, 0.1) is 40.5 Å². The first-order valence-corrected chi connectivity index (χ1v) is 25.3. The van der Waals surface area contributed by atoms with E-state index in [0.29, 0.717) is 17.6 Å². The van der Waals surface area contributed by atoms with Crippen LogP contribution in [0, 0.1) is 0 Å². The first kappa shape index (κ1) is 57.3. The zero-order valence-electron chi connectivity index (χ0n) is 39.8. The SMILES string of the molecule is CCCCCCCC/C=C\CCCCCCCCO[C@@H]1O[C@H](CO[C@H]2O[C@H](COCC(O)C[N+](C)(C)CCCCCCCCCCCCCC)[C@@H](O)[C@H](O)[C@H]2O)[C@@H](O)[C@H](O)[C@H]1O. The Morgan fingerprint density at radius 3 is 1.37 bits per heavy atom. The van der Waals surface area contributed by atoms with Gasteiger partial charge >= 0.3 is 0 Å². The van der Waals surface area contributed by atoms with E-state index in [1.165, 1.54) is 128 Å². The van der Waals surface area contributed by atoms with Crippen LogP contribution in [-0.2, 0) is 23.7 Å². The first-order chi connectivity index (χ1) is 29.9. The molecular weight excluding hydrogens is 795 g/mol. The van der Waals surface area contributed by atoms with Gasteiger partial charge in [0.1, 0.15) is 61.5 Å². The lowest BCUT2D eigenvalue weighted by Crippen LogP contribution is -2.61. The Labute approximate surface area is 377 Å². The molecule has 2 fully saturated rings. The maximum atomic E-state index is 10.8. The van der Waals surface area contributed by atoms with Gasteiger partial charge in [0.25, 0.3) is 0 Å². The van der Waals surface area contributed by atoms with Gasteiger partial charge in [-0.15, -0.1) is 0 Å². The maximum Gasteiger partial charge on any atom is 0.186 e. The summed E-state index contributed by atoms with van der Waals surface area (Å²) in [6, 6.07) is 0. The van der Waals surface area contributed by atoms with E-state index in [9.17, 15) is 35.7 Å². The Morgan fingerprint density at radius 2 is 0.887 bits per heavy atom. The van der Waals surface area contributed by atoms with E-state index >= 15 is 0 Å². The maximum absolute atomic E-state index is 10.8. The average Bonchev–Trinajstić information content (AvgIpc) is 3.24. The van der Waals surface area contributed by atoms with Crippen LogP contribution in [0.4, 0.5) is 0 Å². The molecule has 0 aliphatic carbocycles. The van der Waals surface area contributed by atoms with Gasteiger partial charge in [0, 0.05) is 6.61 Å². The third-order valence-electron chi connectivity index (χ3n) is 12.6. The van der Waals surface area contributed by atoms with E-state index in [-0.39, 0.29) is 19.8 Å². The van der Waals surface area contributed by atoms with Crippen molar-refractivity contribution in [2.75, 3.05) is 53.6 Å². The molecule has 11 atom stereocenters. The van der Waals surface area contributed by atoms with Crippen LogP contribution >= 0.6 is 0 Å². The minimum atomic E-state index is -1.63. The van der Waals surface area contributed by atoms with Gasteiger partial charge in [-0.1, -0.05) is 148 Å². The molecule has 13 nitrogen and oxygen atoms in total. The first-order valence-electron chi connectivity index (χ1n) is 25.3. The van der Waals surface area contributed by atoms with E-state index in [1.54, 1.807) is 0 Å². The largest absolute Gasteiger partial charge is 0.387 e. The monoisotopic (exact) mass is 891 g/mol. The summed E-state index contributed by atoms with van der Waals surface area (Å²) < 4.78 is 29.4. The highest BCUT2D eigenvalue weighted by molar-refractivity contribution is 4.92. The predicted octanol–water partition coefficient (Wildman–Crippen LogP) is 6.83. The predicted molar refractivity (Wildman–Crippen MR) is 244 cm³/mol. The van der Waals surface area contributed by atoms with Crippen LogP contribution in [0.3, 0.4) is 0 Å². The lowest BCUT2D eigenvalue weighted by atomic mass is 9.98. The number of aliphatic hydroxyl groups is 7. The van der Waals surface area contributed by atoms with Crippen LogP contribution in [0.25, 0.3) is 0 Å². The van der Waals surface area contributed by atoms with Gasteiger partial charge in [-0.3, -0.25) is 0 Å². The molecule has 368 valence electrons. The molecule has 0 aromatic rings. The number of likely N-dealkylation sites (N-methyl/N-ethyl adjacent to an activating group) is 1. The van der Waals surface area contributed by atoms with Crippen molar-refractivity contribution in [1.29, 1.82) is 0 Å². The number of allylic oxidation sites excluding steroid dienone is 2. The van der Waals surface area contributed by atoms with E-state index in [1.807, 2.05) is 0 Å². The molecule has 7 N–H and O–H groups in total. The smallest absolute Gasteiger partial charge is 0.186 e. The lowest BCUT2D eigenvalue weighted by Gasteiger charge is -2.43. The lowest BCUT2D eigenvalue weighted by molar-refractivity contribution is -0.893. The van der Waals surface area contributed by atoms with E-state index in [0.717, 1.165) is 45.1 Å². The Kier molecular flexibility index (Phi) is 32.8. The third-order valence-corrected chi connectivity index (χ3v) is 12.6. The zero-order chi connectivity index (χ0) is 45.4. The normalized spacial score (nSPS) is 27.7. The van der Waals surface area contributed by atoms with Crippen molar-refractivity contribution >= 4 is 0 Å². The van der Waals surface area contributed by atoms with Crippen LogP contribution in [0.1, 0.15) is 181 Å². The van der Waals surface area contributed by atoms with Crippen molar-refractivity contribution < 1.29 is 63.9 Å². The number of unbranched alkanes of at least 4 members (excludes halogenated alkanes) is 23. The summed E-state index contributed by atoms with van der Waals surface area (Å²) in [5.41, 5.74) is 0. The van der Waals surface area contributed by atoms with Crippen LogP contribution < -0.4 is 0 Å². The quantitative estimate of drug-likeness (QED) is 0.0194. The van der Waals surface area contributed by atoms with Gasteiger partial charge in [-0.2, -0.15) is 0 Å². The summed E-state index contributed by atoms with van der Waals surface area (Å²) in [5.74, 6) is 0. The summed E-state index contributed by atoms with van der Waals surface area (Å²) in [6.07, 6.45) is 21.9. The Bertz CT molecular complexity index is 1070. The van der Waals surface area contributed by atoms with Crippen molar-refractivity contribution in [3.63, 3.8) is 0 Å². The highest BCUT2D eigenvalue weighted by Gasteiger charge is 2.47. The summed E-state index contributed by atoms with van der Waals surface area (Å²) >= 11 is 0. The highest BCUT2D eigenvalue weighted by atomic mass is 16.7. The number of quaternary nitrogens is 1. The molecule has 2 aliphatic rings. The molecule has 0 radical (unpaired) electrons. The van der Waals surface area contributed by atoms with Crippen molar-refractivity contribution in [3.05, 3.63) is 12.2 Å². The van der Waals surface area contributed by atoms with Gasteiger partial charge in [0.15, 0.2) is 12.6 Å². The summed E-state index contributed by atoms with van der Waals surface area (Å²) in [4.78, 5) is 0. The van der Waals surface area contributed by atoms with Gasteiger partial charge in [-0.25, -0.2) is 0 Å². The molecule has 1 unspecified atom stereocenters. The van der Waals surface area contributed by atoms with Crippen LogP contribution in [0.5, 0.6) is 0 Å². The van der Waals surface area contributed by atoms with Crippen molar-refractivity contribution in [2.45, 2.75) is 248 Å². The van der Waals surface area contributed by atoms with Gasteiger partial charge in [-0.05, 0) is 44.9 Å². The number of hydrogen-bond donors (Lipinski definition) is 7. The molecule has 2 rings (SSSR count). The number of nitrogens with zero attached hydrogens (tertiary/aromatic N) is 1. The summed E-state index contributed by atoms with van der Waals surface area (Å²) in [7, 11) is 4.19. The molecule has 0 aromatic heterocycles. The molecule has 2 aliphatic heterocycles. The van der Waals surface area contributed by atoms with Gasteiger partial charge < -0.3 is 63.9 Å². The van der Waals surface area contributed by atoms with Gasteiger partial charge in [0.2, 0.25) is 0 Å². The Morgan fingerprint density at radius 1 is 0.484 bits per heavy atom. The summed E-state index contributed by atoms with van der Waals surface area (Å²) in [6.45, 7) is 5.70. The van der Waals surface area contributed by atoms with Crippen molar-refractivity contribution in [1.82, 2.24) is 0 Å². The Hall–Kier alpha value is -0.780. The zero-order valence-corrected chi connectivity index (χ0v) is 39.8. The number of aliphatic hydroxyl groups excluding tert-OH is 7. The van der Waals surface area contributed by atoms with Crippen molar-refractivity contribution in [2.24, 2.45) is 0 Å². The van der Waals surface area contributed by atoms with Crippen LogP contribution in [0.2, 0.25) is 0 Å². The minimum Gasteiger partial charge on any atom is -0.387 e. The molecule has 13 heteroatoms. The molecule has 0 saturated carbocycles. The van der Waals surface area contributed by atoms with E-state index < -0.39 is 67.5 Å². The average molecular weight is 891 g/mol. The topological polar surface area (TPSA) is 188 Å². The standard InChI is InChI=1S/C49H96NO12/c1-5-7-9-11-13-15-17-19-20-21-22-24-26-28-30-32-34-59-48-46(56)45(55)43(53)41(62-48)38-60-49-47(57)44(54)42(52)40(61-49)37-58-36-39(51)35-50(3,4)33-31-29-27-25-23-18-16-14-12-10-8-6-2/h19-20,39-49,51-57H,5-18,21-38H2,1-4H3/q+1/b20-19-/t39?,40-,41-,42-,43-,44+,45+,46-,47-,48-,49+/m1/s1. The molecule has 2 heterocycles. The fraction of sp³-hybridized carbons (Fsp3) is 0.959. The minimum absolute atomic E-state index is 0.00214. The van der Waals surface area contributed by atoms with E-state index in [4.69, 9.17) is 23.7 Å². The second-order valence-electron chi connectivity index (χ2n) is 19.1. The highest BCUT2D eigenvalue weighted by Crippen LogP contribution is 2.27. The molecule has 0 spiro atoms. The number of hydrogen-bond acceptors (Lipinski definition) is 12. The molecule has 2 saturated heterocycles. The number of rotatable bonds is 39. The third kappa shape index (κ3) is 25.2. The van der Waals surface area contributed by atoms with Crippen LogP contribution in [-0.4, -0.2) is 161 Å². The molecular formula is C49H96NO12+. The van der Waals surface area contributed by atoms with Crippen molar-refractivity contribution in [3.8, 4) is 0 Å². The number of ether oxygens (including phenoxy) is 5. The van der Waals surface area contributed by atoms with Crippen LogP contribution in [0.15, 0.2) is 12.2 Å². The Balaban J connectivity index is 1.63. The summed E-state index contributed by atoms with van der Waals surface area (Å²) in [5, 5.41) is 74.4. The molecule has 62 heavy (non-hydrogen) atoms. The molecule has 0 aromatic carbocycles. The molecule has 0 bridgehead atoms. The fourth-order valence-corrected chi connectivity index (χ4v) is 8.54. The second-order valence-corrected chi connectivity index (χ2v) is 19.1. The fourth-order valence-electron chi connectivity index (χ4n) is 8.54.